The molecule has 0 aromatic carbocycles. The highest BCUT2D eigenvalue weighted by atomic mass is 16.2. The molecule has 0 aliphatic heterocycles. The third kappa shape index (κ3) is 4.45. The maximum atomic E-state index is 11.4. The minimum Gasteiger partial charge on any atom is -0.339 e. The lowest BCUT2D eigenvalue weighted by Crippen LogP contribution is -2.35. The molecule has 2 nitrogen and oxygen atoms in total. The van der Waals surface area contributed by atoms with Gasteiger partial charge in [-0.2, -0.15) is 0 Å². The van der Waals surface area contributed by atoms with Crippen molar-refractivity contribution in [3.8, 4) is 0 Å². The fourth-order valence-electron chi connectivity index (χ4n) is 1.63. The molecule has 0 heterocycles. The van der Waals surface area contributed by atoms with Crippen molar-refractivity contribution in [3.05, 3.63) is 12.7 Å². The van der Waals surface area contributed by atoms with Crippen LogP contribution in [0.1, 0.15) is 46.0 Å². The van der Waals surface area contributed by atoms with Crippen LogP contribution in [0, 0.1) is 0 Å². The van der Waals surface area contributed by atoms with Crippen molar-refractivity contribution in [2.24, 2.45) is 0 Å². The van der Waals surface area contributed by atoms with Crippen LogP contribution in [0.2, 0.25) is 0 Å². The van der Waals surface area contributed by atoms with E-state index in [0.717, 1.165) is 12.8 Å². The highest BCUT2D eigenvalue weighted by Crippen LogP contribution is 2.12. The Hall–Kier alpha value is -0.790. The minimum absolute atomic E-state index is 0.0355. The van der Waals surface area contributed by atoms with Crippen LogP contribution in [0.15, 0.2) is 12.7 Å². The fraction of sp³-hybridized carbons (Fsp3) is 0.750. The zero-order valence-corrected chi connectivity index (χ0v) is 9.75. The Bertz CT molecular complexity index is 177. The molecular formula is C12H23NO. The lowest BCUT2D eigenvalue weighted by Gasteiger charge is -2.26. The lowest BCUT2D eigenvalue weighted by atomic mass is 10.1. The van der Waals surface area contributed by atoms with Gasteiger partial charge in [-0.25, -0.2) is 0 Å². The summed E-state index contributed by atoms with van der Waals surface area (Å²) >= 11 is 0. The number of nitrogens with zero attached hydrogens (tertiary/aromatic N) is 1. The molecule has 0 N–H and O–H groups in total. The zero-order valence-electron chi connectivity index (χ0n) is 9.75. The minimum atomic E-state index is 0.0355. The van der Waals surface area contributed by atoms with E-state index in [1.165, 1.54) is 25.3 Å². The number of hydrogen-bond donors (Lipinski definition) is 0. The van der Waals surface area contributed by atoms with Crippen molar-refractivity contribution in [1.29, 1.82) is 0 Å². The number of unbranched alkanes of at least 4 members (excludes halogenated alkanes) is 2. The number of carbonyl (C=O) groups excluding carboxylic acids is 1. The average molecular weight is 197 g/mol. The Morgan fingerprint density at radius 1 is 1.43 bits per heavy atom. The van der Waals surface area contributed by atoms with Gasteiger partial charge in [0.1, 0.15) is 0 Å². The molecule has 0 saturated carbocycles. The van der Waals surface area contributed by atoms with Gasteiger partial charge in [0.15, 0.2) is 0 Å². The molecule has 1 unspecified atom stereocenters. The number of likely N-dealkylation sites (N-methyl/N-ethyl adjacent to an activating group) is 1. The van der Waals surface area contributed by atoms with Gasteiger partial charge in [-0.1, -0.05) is 39.7 Å². The van der Waals surface area contributed by atoms with E-state index in [1.807, 2.05) is 11.9 Å². The first-order chi connectivity index (χ1) is 6.67. The molecule has 0 radical (unpaired) electrons. The molecule has 0 aromatic rings. The Kier molecular flexibility index (Phi) is 7.17. The van der Waals surface area contributed by atoms with Crippen LogP contribution in [0.4, 0.5) is 0 Å². The van der Waals surface area contributed by atoms with Gasteiger partial charge in [-0.05, 0) is 18.9 Å². The van der Waals surface area contributed by atoms with E-state index in [-0.39, 0.29) is 5.91 Å². The van der Waals surface area contributed by atoms with E-state index in [0.29, 0.717) is 6.04 Å². The summed E-state index contributed by atoms with van der Waals surface area (Å²) in [5, 5.41) is 0. The maximum Gasteiger partial charge on any atom is 0.245 e. The van der Waals surface area contributed by atoms with Crippen molar-refractivity contribution in [2.45, 2.75) is 52.0 Å². The molecule has 2 heteroatoms. The number of rotatable bonds is 7. The monoisotopic (exact) mass is 197 g/mol. The fourth-order valence-corrected chi connectivity index (χ4v) is 1.63. The largest absolute Gasteiger partial charge is 0.339 e. The van der Waals surface area contributed by atoms with Gasteiger partial charge in [-0.3, -0.25) is 4.79 Å². The molecule has 0 aliphatic rings. The van der Waals surface area contributed by atoms with Gasteiger partial charge in [0, 0.05) is 13.1 Å². The molecule has 82 valence electrons. The normalized spacial score (nSPS) is 12.2. The Balaban J connectivity index is 3.98. The first kappa shape index (κ1) is 13.2. The van der Waals surface area contributed by atoms with Crippen LogP contribution in [0.25, 0.3) is 0 Å². The third-order valence-electron chi connectivity index (χ3n) is 2.68. The quantitative estimate of drug-likeness (QED) is 0.454. The zero-order chi connectivity index (χ0) is 11.0. The smallest absolute Gasteiger partial charge is 0.245 e. The summed E-state index contributed by atoms with van der Waals surface area (Å²) < 4.78 is 0. The second-order valence-electron chi connectivity index (χ2n) is 3.71. The van der Waals surface area contributed by atoms with Gasteiger partial charge < -0.3 is 4.90 Å². The summed E-state index contributed by atoms with van der Waals surface area (Å²) in [6.07, 6.45) is 7.23. The van der Waals surface area contributed by atoms with Gasteiger partial charge in [0.2, 0.25) is 5.91 Å². The van der Waals surface area contributed by atoms with Gasteiger partial charge in [-0.15, -0.1) is 0 Å². The van der Waals surface area contributed by atoms with Crippen molar-refractivity contribution in [1.82, 2.24) is 4.90 Å². The van der Waals surface area contributed by atoms with Gasteiger partial charge in [0.25, 0.3) is 0 Å². The van der Waals surface area contributed by atoms with E-state index in [4.69, 9.17) is 0 Å². The number of hydrogen-bond acceptors (Lipinski definition) is 1. The Morgan fingerprint density at radius 3 is 2.50 bits per heavy atom. The summed E-state index contributed by atoms with van der Waals surface area (Å²) in [4.78, 5) is 13.2. The summed E-state index contributed by atoms with van der Waals surface area (Å²) in [5.41, 5.74) is 0. The van der Waals surface area contributed by atoms with Crippen molar-refractivity contribution in [3.63, 3.8) is 0 Å². The summed E-state index contributed by atoms with van der Waals surface area (Å²) in [6, 6.07) is 0.382. The second-order valence-corrected chi connectivity index (χ2v) is 3.71. The molecule has 1 atom stereocenters. The Morgan fingerprint density at radius 2 is 2.07 bits per heavy atom. The lowest BCUT2D eigenvalue weighted by molar-refractivity contribution is -0.126. The van der Waals surface area contributed by atoms with E-state index >= 15 is 0 Å². The third-order valence-corrected chi connectivity index (χ3v) is 2.68. The maximum absolute atomic E-state index is 11.4. The summed E-state index contributed by atoms with van der Waals surface area (Å²) in [7, 11) is 1.87. The van der Waals surface area contributed by atoms with Crippen molar-refractivity contribution < 1.29 is 4.79 Å². The Labute approximate surface area is 88.0 Å². The molecule has 1 amide bonds. The predicted molar refractivity (Wildman–Crippen MR) is 61.2 cm³/mol. The number of carbonyl (C=O) groups is 1. The van der Waals surface area contributed by atoms with Crippen LogP contribution in [0.3, 0.4) is 0 Å². The van der Waals surface area contributed by atoms with Gasteiger partial charge >= 0.3 is 0 Å². The van der Waals surface area contributed by atoms with Crippen LogP contribution >= 0.6 is 0 Å². The highest BCUT2D eigenvalue weighted by molar-refractivity contribution is 5.86. The van der Waals surface area contributed by atoms with Crippen LogP contribution in [-0.2, 0) is 4.79 Å². The topological polar surface area (TPSA) is 20.3 Å². The molecule has 0 saturated heterocycles. The molecule has 0 aliphatic carbocycles. The molecular weight excluding hydrogens is 174 g/mol. The van der Waals surface area contributed by atoms with Crippen molar-refractivity contribution in [2.75, 3.05) is 7.05 Å². The predicted octanol–water partition coefficient (Wildman–Crippen LogP) is 2.99. The van der Waals surface area contributed by atoms with E-state index in [2.05, 4.69) is 20.4 Å². The van der Waals surface area contributed by atoms with E-state index in [9.17, 15) is 4.79 Å². The molecule has 14 heavy (non-hydrogen) atoms. The van der Waals surface area contributed by atoms with E-state index in [1.54, 1.807) is 0 Å². The molecule has 0 spiro atoms. The summed E-state index contributed by atoms with van der Waals surface area (Å²) in [5.74, 6) is 0.0355. The summed E-state index contributed by atoms with van der Waals surface area (Å²) in [6.45, 7) is 7.83. The second kappa shape index (κ2) is 7.60. The van der Waals surface area contributed by atoms with Crippen LogP contribution in [0.5, 0.6) is 0 Å². The number of amides is 1. The molecule has 0 bridgehead atoms. The SMILES string of the molecule is C=CC(=O)N(C)C(CC)CCCCC. The molecule has 0 fully saturated rings. The first-order valence-electron chi connectivity index (χ1n) is 5.56. The van der Waals surface area contributed by atoms with Crippen LogP contribution < -0.4 is 0 Å². The standard InChI is InChI=1S/C12H23NO/c1-5-8-9-10-11(6-2)13(4)12(14)7-3/h7,11H,3,5-6,8-10H2,1-2,4H3. The first-order valence-corrected chi connectivity index (χ1v) is 5.56. The molecule has 0 rings (SSSR count). The average Bonchev–Trinajstić information content (AvgIpc) is 2.22. The highest BCUT2D eigenvalue weighted by Gasteiger charge is 2.14. The van der Waals surface area contributed by atoms with Crippen molar-refractivity contribution >= 4 is 5.91 Å². The molecule has 0 aromatic heterocycles. The van der Waals surface area contributed by atoms with Crippen LogP contribution in [-0.4, -0.2) is 23.9 Å². The van der Waals surface area contributed by atoms with E-state index < -0.39 is 0 Å². The van der Waals surface area contributed by atoms with Gasteiger partial charge in [0.05, 0.1) is 0 Å².